The van der Waals surface area contributed by atoms with Gasteiger partial charge in [-0.25, -0.2) is 14.4 Å². The minimum atomic E-state index is -4.71. The van der Waals surface area contributed by atoms with E-state index in [0.29, 0.717) is 23.9 Å². The minimum absolute atomic E-state index is 0.0147. The summed E-state index contributed by atoms with van der Waals surface area (Å²) in [5, 5.41) is 7.55. The summed E-state index contributed by atoms with van der Waals surface area (Å²) in [6.45, 7) is 9.70. The van der Waals surface area contributed by atoms with Crippen LogP contribution in [0, 0.1) is 23.2 Å². The molecule has 4 aliphatic rings. The number of alkyl halides is 3. The molecule has 1 amide bonds. The summed E-state index contributed by atoms with van der Waals surface area (Å²) >= 11 is 1.16. The minimum Gasteiger partial charge on any atom is -0.376 e. The van der Waals surface area contributed by atoms with Gasteiger partial charge in [0.05, 0.1) is 11.9 Å². The summed E-state index contributed by atoms with van der Waals surface area (Å²) < 4.78 is 59.2. The summed E-state index contributed by atoms with van der Waals surface area (Å²) in [4.78, 5) is 25.9. The molecule has 7 nitrogen and oxygen atoms in total. The SMILES string of the molecule is C=C1c2cc(C#Cc3ccc(CN4CC5(CC(C)C5)C4)cc3)cc(C(F)(F)F)c2CN1C(C(=O)Nc1nccs1)C1=C(/F)CCCN/C=N\1. The van der Waals surface area contributed by atoms with E-state index in [1.807, 2.05) is 24.3 Å². The predicted molar refractivity (Wildman–Crippen MR) is 183 cm³/mol. The molecule has 0 radical (unpaired) electrons. The lowest BCUT2D eigenvalue weighted by atomic mass is 9.58. The van der Waals surface area contributed by atoms with Crippen LogP contribution in [0.2, 0.25) is 0 Å². The molecule has 0 bridgehead atoms. The van der Waals surface area contributed by atoms with E-state index in [0.717, 1.165) is 43.0 Å². The van der Waals surface area contributed by atoms with E-state index >= 15 is 4.39 Å². The van der Waals surface area contributed by atoms with Crippen molar-refractivity contribution in [3.05, 3.63) is 99.5 Å². The molecule has 12 heteroatoms. The largest absolute Gasteiger partial charge is 0.416 e. The molecule has 3 aromatic rings. The van der Waals surface area contributed by atoms with Crippen LogP contribution >= 0.6 is 11.3 Å². The van der Waals surface area contributed by atoms with Gasteiger partial charge in [-0.2, -0.15) is 13.2 Å². The predicted octanol–water partition coefficient (Wildman–Crippen LogP) is 7.18. The van der Waals surface area contributed by atoms with Gasteiger partial charge in [0.1, 0.15) is 11.5 Å². The van der Waals surface area contributed by atoms with Crippen LogP contribution in [0.25, 0.3) is 5.70 Å². The fraction of sp³-hybridized carbons (Fsp3) is 0.378. The number of aliphatic imine (C=N–C) groups is 1. The van der Waals surface area contributed by atoms with Crippen molar-refractivity contribution in [1.29, 1.82) is 0 Å². The van der Waals surface area contributed by atoms with Gasteiger partial charge in [-0.05, 0) is 66.0 Å². The third-order valence-corrected chi connectivity index (χ3v) is 10.4. The number of anilines is 1. The molecule has 2 fully saturated rings. The number of allylic oxidation sites excluding steroid dienone is 1. The summed E-state index contributed by atoms with van der Waals surface area (Å²) in [7, 11) is 0. The van der Waals surface area contributed by atoms with Gasteiger partial charge in [-0.1, -0.05) is 37.5 Å². The van der Waals surface area contributed by atoms with Crippen molar-refractivity contribution in [2.45, 2.75) is 57.9 Å². The molecule has 1 atom stereocenters. The normalized spacial score (nSPS) is 21.7. The number of fused-ring (bicyclic) bond motifs is 1. The summed E-state index contributed by atoms with van der Waals surface area (Å²) in [5.41, 5.74) is 1.75. The van der Waals surface area contributed by atoms with Gasteiger partial charge < -0.3 is 10.2 Å². The van der Waals surface area contributed by atoms with Crippen LogP contribution in [0.1, 0.15) is 66.0 Å². The van der Waals surface area contributed by atoms with Gasteiger partial charge >= 0.3 is 6.18 Å². The molecule has 2 N–H and O–H groups in total. The lowest BCUT2D eigenvalue weighted by molar-refractivity contribution is -0.138. The first-order valence-electron chi connectivity index (χ1n) is 16.4. The first-order chi connectivity index (χ1) is 23.5. The van der Waals surface area contributed by atoms with Crippen molar-refractivity contribution in [1.82, 2.24) is 20.1 Å². The number of thiazole rings is 1. The van der Waals surface area contributed by atoms with Crippen LogP contribution in [-0.2, 0) is 24.1 Å². The Bertz CT molecular complexity index is 1880. The van der Waals surface area contributed by atoms with Gasteiger partial charge in [0.25, 0.3) is 5.91 Å². The zero-order valence-electron chi connectivity index (χ0n) is 27.0. The van der Waals surface area contributed by atoms with Crippen LogP contribution in [0.15, 0.2) is 71.1 Å². The summed E-state index contributed by atoms with van der Waals surface area (Å²) in [6, 6.07) is 8.98. The van der Waals surface area contributed by atoms with Gasteiger partial charge in [-0.3, -0.25) is 15.0 Å². The van der Waals surface area contributed by atoms with Crippen molar-refractivity contribution < 1.29 is 22.4 Å². The standard InChI is InChI=1S/C37H36F4N6OS/c1-23-16-36(17-23)20-46(21-36)18-26-8-5-25(6-9-26)7-10-27-14-28-24(2)47(19-29(28)30(15-27)37(39,40)41)33(34(48)45-35-43-12-13-49-35)32-31(38)4-3-11-42-22-44-32/h5-6,8-9,12-15,22-23,33H,2-4,11,16-21H2,1H3,(H,42,44)(H,43,45,48)/b32-31-. The Hall–Kier alpha value is -4.47. The van der Waals surface area contributed by atoms with Crippen LogP contribution in [-0.4, -0.2) is 52.7 Å². The van der Waals surface area contributed by atoms with Crippen molar-refractivity contribution in [2.24, 2.45) is 16.3 Å². The summed E-state index contributed by atoms with van der Waals surface area (Å²) in [6.07, 6.45) is 1.19. The second-order valence-electron chi connectivity index (χ2n) is 13.6. The van der Waals surface area contributed by atoms with Crippen LogP contribution in [0.4, 0.5) is 22.7 Å². The smallest absolute Gasteiger partial charge is 0.376 e. The molecule has 1 spiro atoms. The second-order valence-corrected chi connectivity index (χ2v) is 14.5. The van der Waals surface area contributed by atoms with E-state index in [1.165, 1.54) is 35.8 Å². The first kappa shape index (κ1) is 33.0. The molecule has 1 aliphatic carbocycles. The van der Waals surface area contributed by atoms with Crippen molar-refractivity contribution in [3.8, 4) is 11.8 Å². The molecule has 49 heavy (non-hydrogen) atoms. The van der Waals surface area contributed by atoms with E-state index in [2.05, 4.69) is 50.9 Å². The van der Waals surface area contributed by atoms with Crippen molar-refractivity contribution in [3.63, 3.8) is 0 Å². The Balaban J connectivity index is 1.15. The molecule has 1 saturated carbocycles. The fourth-order valence-corrected chi connectivity index (χ4v) is 8.23. The molecule has 254 valence electrons. The van der Waals surface area contributed by atoms with E-state index in [4.69, 9.17) is 0 Å². The first-order valence-corrected chi connectivity index (χ1v) is 17.2. The van der Waals surface area contributed by atoms with Crippen molar-refractivity contribution in [2.75, 3.05) is 25.0 Å². The number of hydrogen-bond donors (Lipinski definition) is 2. The third kappa shape index (κ3) is 6.87. The maximum Gasteiger partial charge on any atom is 0.416 e. The number of carbonyl (C=O) groups is 1. The monoisotopic (exact) mass is 688 g/mol. The fourth-order valence-electron chi connectivity index (χ4n) is 7.69. The van der Waals surface area contributed by atoms with Gasteiger partial charge in [0.15, 0.2) is 11.2 Å². The number of rotatable bonds is 6. The second kappa shape index (κ2) is 13.1. The van der Waals surface area contributed by atoms with E-state index in [-0.39, 0.29) is 46.2 Å². The zero-order chi connectivity index (χ0) is 34.3. The molecular formula is C37H36F4N6OS. The molecule has 7 rings (SSSR count). The Morgan fingerprint density at radius 3 is 2.63 bits per heavy atom. The van der Waals surface area contributed by atoms with Gasteiger partial charge in [0.2, 0.25) is 0 Å². The number of benzene rings is 2. The number of nitrogens with one attached hydrogen (secondary N) is 2. The van der Waals surface area contributed by atoms with Crippen molar-refractivity contribution >= 4 is 34.4 Å². The van der Waals surface area contributed by atoms with E-state index in [1.54, 1.807) is 11.4 Å². The lowest BCUT2D eigenvalue weighted by Crippen LogP contribution is -2.61. The van der Waals surface area contributed by atoms with Crippen LogP contribution in [0.3, 0.4) is 0 Å². The highest BCUT2D eigenvalue weighted by Crippen LogP contribution is 2.52. The van der Waals surface area contributed by atoms with Crippen LogP contribution in [0.5, 0.6) is 0 Å². The highest BCUT2D eigenvalue weighted by atomic mass is 32.1. The lowest BCUT2D eigenvalue weighted by Gasteiger charge is -2.59. The molecule has 1 aromatic heterocycles. The van der Waals surface area contributed by atoms with E-state index in [9.17, 15) is 18.0 Å². The zero-order valence-corrected chi connectivity index (χ0v) is 27.9. The number of carbonyl (C=O) groups excluding carboxylic acids is 1. The molecule has 4 heterocycles. The number of nitrogens with zero attached hydrogens (tertiary/aromatic N) is 4. The quantitative estimate of drug-likeness (QED) is 0.212. The average Bonchev–Trinajstić information content (AvgIpc) is 3.65. The highest BCUT2D eigenvalue weighted by Gasteiger charge is 2.50. The van der Waals surface area contributed by atoms with Gasteiger partial charge in [0, 0.05) is 73.1 Å². The summed E-state index contributed by atoms with van der Waals surface area (Å²) in [5.74, 6) is 5.45. The van der Waals surface area contributed by atoms with Crippen LogP contribution < -0.4 is 10.6 Å². The molecular weight excluding hydrogens is 653 g/mol. The molecule has 1 unspecified atom stereocenters. The number of hydrogen-bond acceptors (Lipinski definition) is 7. The number of amides is 1. The Kier molecular flexibility index (Phi) is 8.83. The van der Waals surface area contributed by atoms with Gasteiger partial charge in [-0.15, -0.1) is 11.3 Å². The highest BCUT2D eigenvalue weighted by molar-refractivity contribution is 7.13. The topological polar surface area (TPSA) is 72.9 Å². The average molecular weight is 689 g/mol. The van der Waals surface area contributed by atoms with E-state index < -0.39 is 29.5 Å². The molecule has 2 aromatic carbocycles. The maximum atomic E-state index is 15.5. The Morgan fingerprint density at radius 1 is 1.18 bits per heavy atom. The number of aromatic nitrogens is 1. The number of likely N-dealkylation sites (tertiary alicyclic amines) is 1. The maximum absolute atomic E-state index is 15.5. The Labute approximate surface area is 286 Å². The molecule has 1 saturated heterocycles. The third-order valence-electron chi connectivity index (χ3n) is 9.71. The number of halogens is 4. The molecule has 3 aliphatic heterocycles. The Morgan fingerprint density at radius 2 is 1.94 bits per heavy atom.